The van der Waals surface area contributed by atoms with Gasteiger partial charge in [-0.2, -0.15) is 0 Å². The molecule has 1 aromatic carbocycles. The molecule has 2 atom stereocenters. The minimum atomic E-state index is -0.993. The standard InChI is InChI=1S/C17H28N2O3S/c1-12-8-13(2)10-14(9-12)15(20)11-19-16(21)18-6-7-23(22)17(3,4)5/h8-10,15,20H,6-7,11H2,1-5H3,(H2,18,19,21)/t15-,23+/m1/s1. The Labute approximate surface area is 141 Å². The third-order valence-electron chi connectivity index (χ3n) is 3.34. The van der Waals surface area contributed by atoms with Gasteiger partial charge in [0.05, 0.1) is 6.10 Å². The van der Waals surface area contributed by atoms with Crippen LogP contribution in [0, 0.1) is 13.8 Å². The molecular weight excluding hydrogens is 312 g/mol. The van der Waals surface area contributed by atoms with Gasteiger partial charge < -0.3 is 15.7 Å². The molecule has 0 bridgehead atoms. The van der Waals surface area contributed by atoms with Gasteiger partial charge in [-0.05, 0) is 40.2 Å². The van der Waals surface area contributed by atoms with E-state index in [1.165, 1.54) is 0 Å². The van der Waals surface area contributed by atoms with E-state index in [4.69, 9.17) is 0 Å². The van der Waals surface area contributed by atoms with Gasteiger partial charge in [-0.25, -0.2) is 4.79 Å². The van der Waals surface area contributed by atoms with Gasteiger partial charge in [0.1, 0.15) is 0 Å². The topological polar surface area (TPSA) is 78.4 Å². The Morgan fingerprint density at radius 1 is 1.17 bits per heavy atom. The number of aryl methyl sites for hydroxylation is 2. The lowest BCUT2D eigenvalue weighted by Gasteiger charge is -2.18. The number of rotatable bonds is 6. The summed E-state index contributed by atoms with van der Waals surface area (Å²) in [4.78, 5) is 11.7. The summed E-state index contributed by atoms with van der Waals surface area (Å²) in [6.45, 7) is 10.1. The minimum absolute atomic E-state index is 0.136. The van der Waals surface area contributed by atoms with Gasteiger partial charge in [-0.1, -0.05) is 29.3 Å². The second-order valence-corrected chi connectivity index (χ2v) is 9.06. The number of carbonyl (C=O) groups excluding carboxylic acids is 1. The molecule has 5 nitrogen and oxygen atoms in total. The zero-order chi connectivity index (χ0) is 17.6. The zero-order valence-corrected chi connectivity index (χ0v) is 15.4. The molecule has 1 aromatic rings. The smallest absolute Gasteiger partial charge is 0.314 e. The number of hydrogen-bond acceptors (Lipinski definition) is 3. The number of urea groups is 1. The molecule has 2 amide bonds. The van der Waals surface area contributed by atoms with Crippen molar-refractivity contribution in [3.8, 4) is 0 Å². The van der Waals surface area contributed by atoms with Crippen molar-refractivity contribution in [1.82, 2.24) is 10.6 Å². The van der Waals surface area contributed by atoms with Crippen LogP contribution in [0.1, 0.15) is 43.6 Å². The number of nitrogens with one attached hydrogen (secondary N) is 2. The van der Waals surface area contributed by atoms with Crippen molar-refractivity contribution >= 4 is 16.8 Å². The Bertz CT molecular complexity index is 547. The van der Waals surface area contributed by atoms with Crippen LogP contribution in [0.3, 0.4) is 0 Å². The first kappa shape index (κ1) is 19.6. The van der Waals surface area contributed by atoms with Gasteiger partial charge in [0, 0.05) is 34.4 Å². The third kappa shape index (κ3) is 7.14. The van der Waals surface area contributed by atoms with Crippen LogP contribution >= 0.6 is 0 Å². The summed E-state index contributed by atoms with van der Waals surface area (Å²) in [6.07, 6.45) is -0.747. The minimum Gasteiger partial charge on any atom is -0.387 e. The lowest BCUT2D eigenvalue weighted by Crippen LogP contribution is -2.40. The number of benzene rings is 1. The molecular formula is C17H28N2O3S. The van der Waals surface area contributed by atoms with E-state index in [-0.39, 0.29) is 17.3 Å². The molecule has 0 saturated carbocycles. The molecule has 0 aliphatic heterocycles. The van der Waals surface area contributed by atoms with Gasteiger partial charge in [-0.15, -0.1) is 0 Å². The molecule has 0 radical (unpaired) electrons. The van der Waals surface area contributed by atoms with Gasteiger partial charge in [0.15, 0.2) is 0 Å². The molecule has 0 aliphatic rings. The van der Waals surface area contributed by atoms with E-state index < -0.39 is 16.9 Å². The molecule has 0 unspecified atom stereocenters. The molecule has 0 aliphatic carbocycles. The second-order valence-electron chi connectivity index (χ2n) is 6.74. The Balaban J connectivity index is 2.37. The van der Waals surface area contributed by atoms with E-state index in [1.807, 2.05) is 52.8 Å². The maximum Gasteiger partial charge on any atom is 0.314 e. The SMILES string of the molecule is Cc1cc(C)cc([C@H](O)CNC(=O)NCC[S@](=O)C(C)(C)C)c1. The largest absolute Gasteiger partial charge is 0.387 e. The van der Waals surface area contributed by atoms with E-state index in [0.29, 0.717) is 12.3 Å². The quantitative estimate of drug-likeness (QED) is 0.743. The lowest BCUT2D eigenvalue weighted by atomic mass is 10.0. The van der Waals surface area contributed by atoms with Gasteiger partial charge in [0.25, 0.3) is 0 Å². The molecule has 6 heteroatoms. The molecule has 3 N–H and O–H groups in total. The van der Waals surface area contributed by atoms with Crippen molar-refractivity contribution in [3.05, 3.63) is 34.9 Å². The number of amides is 2. The Kier molecular flexibility index (Phi) is 7.22. The van der Waals surface area contributed by atoms with Gasteiger partial charge in [0.2, 0.25) is 0 Å². The summed E-state index contributed by atoms with van der Waals surface area (Å²) in [5.41, 5.74) is 2.94. The van der Waals surface area contributed by atoms with Crippen molar-refractivity contribution < 1.29 is 14.1 Å². The van der Waals surface area contributed by atoms with Crippen LogP contribution < -0.4 is 10.6 Å². The van der Waals surface area contributed by atoms with Crippen molar-refractivity contribution in [2.24, 2.45) is 0 Å². The number of hydrogen-bond donors (Lipinski definition) is 3. The predicted molar refractivity (Wildman–Crippen MR) is 95.0 cm³/mol. The predicted octanol–water partition coefficient (Wildman–Crippen LogP) is 2.18. The Morgan fingerprint density at radius 3 is 2.26 bits per heavy atom. The molecule has 0 spiro atoms. The summed E-state index contributed by atoms with van der Waals surface area (Å²) in [5, 5.41) is 15.4. The highest BCUT2D eigenvalue weighted by Crippen LogP contribution is 2.16. The first-order valence-electron chi connectivity index (χ1n) is 7.76. The van der Waals surface area contributed by atoms with Crippen LogP contribution in [-0.4, -0.2) is 38.9 Å². The highest BCUT2D eigenvalue weighted by Gasteiger charge is 2.19. The van der Waals surface area contributed by atoms with Crippen LogP contribution in [0.2, 0.25) is 0 Å². The van der Waals surface area contributed by atoms with E-state index in [1.54, 1.807) is 0 Å². The van der Waals surface area contributed by atoms with Crippen LogP contribution in [0.4, 0.5) is 4.79 Å². The summed E-state index contributed by atoms with van der Waals surface area (Å²) < 4.78 is 11.6. The van der Waals surface area contributed by atoms with Gasteiger partial charge >= 0.3 is 6.03 Å². The summed E-state index contributed by atoms with van der Waals surface area (Å²) in [7, 11) is -0.993. The normalized spacial score (nSPS) is 14.2. The maximum atomic E-state index is 11.9. The second kappa shape index (κ2) is 8.45. The molecule has 0 heterocycles. The van der Waals surface area contributed by atoms with Crippen LogP contribution in [0.15, 0.2) is 18.2 Å². The number of carbonyl (C=O) groups is 1. The van der Waals surface area contributed by atoms with Crippen LogP contribution in [0.25, 0.3) is 0 Å². The maximum absolute atomic E-state index is 11.9. The number of aliphatic hydroxyl groups excluding tert-OH is 1. The first-order valence-corrected chi connectivity index (χ1v) is 9.08. The number of aliphatic hydroxyl groups is 1. The summed E-state index contributed by atoms with van der Waals surface area (Å²) in [5.74, 6) is 0.413. The molecule has 0 fully saturated rings. The van der Waals surface area contributed by atoms with Crippen molar-refractivity contribution in [2.45, 2.75) is 45.5 Å². The van der Waals surface area contributed by atoms with E-state index in [2.05, 4.69) is 10.6 Å². The molecule has 130 valence electrons. The van der Waals surface area contributed by atoms with E-state index >= 15 is 0 Å². The molecule has 23 heavy (non-hydrogen) atoms. The highest BCUT2D eigenvalue weighted by molar-refractivity contribution is 7.86. The Hall–Kier alpha value is -1.40. The van der Waals surface area contributed by atoms with Crippen molar-refractivity contribution in [1.29, 1.82) is 0 Å². The molecule has 1 rings (SSSR count). The highest BCUT2D eigenvalue weighted by atomic mass is 32.2. The fraction of sp³-hybridized carbons (Fsp3) is 0.588. The average molecular weight is 340 g/mol. The van der Waals surface area contributed by atoms with Crippen molar-refractivity contribution in [2.75, 3.05) is 18.8 Å². The zero-order valence-electron chi connectivity index (χ0n) is 14.6. The lowest BCUT2D eigenvalue weighted by molar-refractivity contribution is 0.173. The molecule has 0 aromatic heterocycles. The molecule has 0 saturated heterocycles. The first-order chi connectivity index (χ1) is 10.6. The summed E-state index contributed by atoms with van der Waals surface area (Å²) in [6, 6.07) is 5.48. The van der Waals surface area contributed by atoms with Crippen molar-refractivity contribution in [3.63, 3.8) is 0 Å². The monoisotopic (exact) mass is 340 g/mol. The van der Waals surface area contributed by atoms with Crippen LogP contribution in [-0.2, 0) is 10.8 Å². The Morgan fingerprint density at radius 2 is 1.74 bits per heavy atom. The van der Waals surface area contributed by atoms with Gasteiger partial charge in [-0.3, -0.25) is 4.21 Å². The van der Waals surface area contributed by atoms with E-state index in [9.17, 15) is 14.1 Å². The fourth-order valence-corrected chi connectivity index (χ4v) is 3.04. The third-order valence-corrected chi connectivity index (χ3v) is 5.28. The summed E-state index contributed by atoms with van der Waals surface area (Å²) >= 11 is 0. The van der Waals surface area contributed by atoms with E-state index in [0.717, 1.165) is 16.7 Å². The van der Waals surface area contributed by atoms with Crippen LogP contribution in [0.5, 0.6) is 0 Å². The fourth-order valence-electron chi connectivity index (χ4n) is 2.14. The average Bonchev–Trinajstić information content (AvgIpc) is 2.42.